The van der Waals surface area contributed by atoms with Gasteiger partial charge in [0.25, 0.3) is 0 Å². The van der Waals surface area contributed by atoms with Crippen molar-refractivity contribution in [1.29, 1.82) is 0 Å². The van der Waals surface area contributed by atoms with E-state index >= 15 is 0 Å². The van der Waals surface area contributed by atoms with Crippen LogP contribution in [-0.2, 0) is 18.3 Å². The highest BCUT2D eigenvalue weighted by molar-refractivity contribution is 7.10. The van der Waals surface area contributed by atoms with Crippen LogP contribution in [0.5, 0.6) is 0 Å². The average Bonchev–Trinajstić information content (AvgIpc) is 3.38. The van der Waals surface area contributed by atoms with Crippen molar-refractivity contribution in [3.63, 3.8) is 0 Å². The number of aryl methyl sites for hydroxylation is 1. The predicted molar refractivity (Wildman–Crippen MR) is 117 cm³/mol. The second-order valence-electron chi connectivity index (χ2n) is 7.23. The molecule has 1 aliphatic rings. The summed E-state index contributed by atoms with van der Waals surface area (Å²) in [5.74, 6) is 2.59. The number of aromatic nitrogens is 3. The third kappa shape index (κ3) is 6.25. The van der Waals surface area contributed by atoms with E-state index in [9.17, 15) is 0 Å². The molecule has 1 aliphatic heterocycles. The Bertz CT molecular complexity index is 753. The van der Waals surface area contributed by atoms with Crippen molar-refractivity contribution >= 4 is 17.3 Å². The lowest BCUT2D eigenvalue weighted by Crippen LogP contribution is -2.46. The van der Waals surface area contributed by atoms with Crippen molar-refractivity contribution in [2.24, 2.45) is 12.0 Å². The van der Waals surface area contributed by atoms with Gasteiger partial charge in [0.05, 0.1) is 19.3 Å². The van der Waals surface area contributed by atoms with Gasteiger partial charge in [-0.25, -0.2) is 4.99 Å². The minimum atomic E-state index is 0.314. The Morgan fingerprint density at radius 2 is 2.14 bits per heavy atom. The predicted octanol–water partition coefficient (Wildman–Crippen LogP) is 2.09. The topological polar surface area (TPSA) is 79.6 Å². The first kappa shape index (κ1) is 21.7. The summed E-state index contributed by atoms with van der Waals surface area (Å²) < 4.78 is 7.53. The molecule has 0 amide bonds. The van der Waals surface area contributed by atoms with Crippen molar-refractivity contribution in [1.82, 2.24) is 30.3 Å². The standard InChI is InChI=1S/C20H33N7OS/c1-4-5-8-21-20(23-15-19-25-24-16(2)26(19)3)22-14-17(18-7-6-13-29-18)27-9-11-28-12-10-27/h6-7,13,17H,4-5,8-12,14-15H2,1-3H3,(H2,21,22,23). The highest BCUT2D eigenvalue weighted by Crippen LogP contribution is 2.25. The highest BCUT2D eigenvalue weighted by atomic mass is 32.1. The molecule has 9 heteroatoms. The lowest BCUT2D eigenvalue weighted by molar-refractivity contribution is 0.0177. The molecular weight excluding hydrogens is 386 g/mol. The van der Waals surface area contributed by atoms with Crippen LogP contribution in [0.3, 0.4) is 0 Å². The Hall–Kier alpha value is -1.97. The van der Waals surface area contributed by atoms with Crippen molar-refractivity contribution in [3.05, 3.63) is 34.0 Å². The molecule has 3 heterocycles. The molecule has 0 saturated carbocycles. The minimum absolute atomic E-state index is 0.314. The van der Waals surface area contributed by atoms with Gasteiger partial charge in [0, 0.05) is 38.1 Å². The summed E-state index contributed by atoms with van der Waals surface area (Å²) in [5, 5.41) is 17.5. The molecular formula is C20H33N7OS. The number of guanidine groups is 1. The zero-order valence-electron chi connectivity index (χ0n) is 17.7. The molecule has 2 aromatic heterocycles. The Morgan fingerprint density at radius 1 is 1.31 bits per heavy atom. The van der Waals surface area contributed by atoms with Crippen LogP contribution in [0.1, 0.15) is 42.3 Å². The van der Waals surface area contributed by atoms with Gasteiger partial charge >= 0.3 is 0 Å². The Labute approximate surface area is 177 Å². The van der Waals surface area contributed by atoms with Crippen LogP contribution in [0, 0.1) is 6.92 Å². The number of thiophene rings is 1. The first-order valence-electron chi connectivity index (χ1n) is 10.4. The third-order valence-corrected chi connectivity index (χ3v) is 6.18. The SMILES string of the molecule is CCCCNC(=NCc1nnc(C)n1C)NCC(c1cccs1)N1CCOCC1. The summed E-state index contributed by atoms with van der Waals surface area (Å²) in [7, 11) is 1.98. The molecule has 2 N–H and O–H groups in total. The molecule has 0 aliphatic carbocycles. The quantitative estimate of drug-likeness (QED) is 0.368. The van der Waals surface area contributed by atoms with Crippen LogP contribution in [0.2, 0.25) is 0 Å². The summed E-state index contributed by atoms with van der Waals surface area (Å²) in [6.45, 7) is 9.85. The van der Waals surface area contributed by atoms with Crippen molar-refractivity contribution in [3.8, 4) is 0 Å². The first-order valence-corrected chi connectivity index (χ1v) is 11.3. The number of hydrogen-bond acceptors (Lipinski definition) is 6. The van der Waals surface area contributed by atoms with Gasteiger partial charge in [-0.05, 0) is 24.8 Å². The van der Waals surface area contributed by atoms with Gasteiger partial charge in [0.2, 0.25) is 0 Å². The number of aliphatic imine (C=N–C) groups is 1. The molecule has 160 valence electrons. The zero-order chi connectivity index (χ0) is 20.5. The molecule has 1 atom stereocenters. The van der Waals surface area contributed by atoms with E-state index in [2.05, 4.69) is 50.2 Å². The van der Waals surface area contributed by atoms with E-state index in [0.29, 0.717) is 12.6 Å². The van der Waals surface area contributed by atoms with Gasteiger partial charge in [-0.1, -0.05) is 19.4 Å². The van der Waals surface area contributed by atoms with E-state index in [-0.39, 0.29) is 0 Å². The average molecular weight is 420 g/mol. The normalized spacial score (nSPS) is 16.7. The van der Waals surface area contributed by atoms with Gasteiger partial charge in [0.15, 0.2) is 11.8 Å². The summed E-state index contributed by atoms with van der Waals surface area (Å²) in [4.78, 5) is 8.64. The number of ether oxygens (including phenoxy) is 1. The number of morpholine rings is 1. The van der Waals surface area contributed by atoms with Crippen LogP contribution in [-0.4, -0.2) is 65.0 Å². The fourth-order valence-corrected chi connectivity index (χ4v) is 4.13. The molecule has 8 nitrogen and oxygen atoms in total. The van der Waals surface area contributed by atoms with E-state index < -0.39 is 0 Å². The molecule has 3 rings (SSSR count). The van der Waals surface area contributed by atoms with E-state index in [1.165, 1.54) is 4.88 Å². The van der Waals surface area contributed by atoms with Crippen LogP contribution in [0.4, 0.5) is 0 Å². The van der Waals surface area contributed by atoms with Gasteiger partial charge in [-0.3, -0.25) is 4.90 Å². The smallest absolute Gasteiger partial charge is 0.191 e. The van der Waals surface area contributed by atoms with E-state index in [0.717, 1.165) is 69.8 Å². The zero-order valence-corrected chi connectivity index (χ0v) is 18.5. The lowest BCUT2D eigenvalue weighted by atomic mass is 10.2. The van der Waals surface area contributed by atoms with Gasteiger partial charge in [-0.2, -0.15) is 0 Å². The van der Waals surface area contributed by atoms with Crippen LogP contribution < -0.4 is 10.6 Å². The van der Waals surface area contributed by atoms with Crippen molar-refractivity contribution < 1.29 is 4.74 Å². The molecule has 29 heavy (non-hydrogen) atoms. The molecule has 1 fully saturated rings. The fourth-order valence-electron chi connectivity index (χ4n) is 3.27. The van der Waals surface area contributed by atoms with Gasteiger partial charge < -0.3 is 19.9 Å². The second-order valence-corrected chi connectivity index (χ2v) is 8.21. The Balaban J connectivity index is 1.67. The number of nitrogens with zero attached hydrogens (tertiary/aromatic N) is 5. The monoisotopic (exact) mass is 419 g/mol. The van der Waals surface area contributed by atoms with Crippen LogP contribution in [0.25, 0.3) is 0 Å². The molecule has 1 unspecified atom stereocenters. The molecule has 0 spiro atoms. The van der Waals surface area contributed by atoms with Gasteiger partial charge in [0.1, 0.15) is 12.4 Å². The van der Waals surface area contributed by atoms with Crippen LogP contribution >= 0.6 is 11.3 Å². The largest absolute Gasteiger partial charge is 0.379 e. The Morgan fingerprint density at radius 3 is 2.79 bits per heavy atom. The van der Waals surface area contributed by atoms with Gasteiger partial charge in [-0.15, -0.1) is 21.5 Å². The Kier molecular flexibility index (Phi) is 8.45. The van der Waals surface area contributed by atoms with E-state index in [1.807, 2.05) is 29.9 Å². The van der Waals surface area contributed by atoms with Crippen molar-refractivity contribution in [2.75, 3.05) is 39.4 Å². The number of unbranched alkanes of at least 4 members (excludes halogenated alkanes) is 1. The van der Waals surface area contributed by atoms with E-state index in [4.69, 9.17) is 9.73 Å². The maximum Gasteiger partial charge on any atom is 0.191 e. The molecule has 0 bridgehead atoms. The summed E-state index contributed by atoms with van der Waals surface area (Å²) >= 11 is 1.81. The molecule has 0 aromatic carbocycles. The highest BCUT2D eigenvalue weighted by Gasteiger charge is 2.23. The number of nitrogens with one attached hydrogen (secondary N) is 2. The summed E-state index contributed by atoms with van der Waals surface area (Å²) in [6, 6.07) is 4.66. The maximum absolute atomic E-state index is 5.55. The summed E-state index contributed by atoms with van der Waals surface area (Å²) in [5.41, 5.74) is 0. The lowest BCUT2D eigenvalue weighted by Gasteiger charge is -2.34. The molecule has 1 saturated heterocycles. The maximum atomic E-state index is 5.55. The second kappa shape index (κ2) is 11.3. The van der Waals surface area contributed by atoms with E-state index in [1.54, 1.807) is 0 Å². The molecule has 2 aromatic rings. The summed E-state index contributed by atoms with van der Waals surface area (Å²) in [6.07, 6.45) is 2.26. The van der Waals surface area contributed by atoms with Crippen LogP contribution in [0.15, 0.2) is 22.5 Å². The van der Waals surface area contributed by atoms with Crippen molar-refractivity contribution in [2.45, 2.75) is 39.3 Å². The molecule has 0 radical (unpaired) electrons. The minimum Gasteiger partial charge on any atom is -0.379 e. The number of rotatable bonds is 9. The third-order valence-electron chi connectivity index (χ3n) is 5.21. The number of hydrogen-bond donors (Lipinski definition) is 2. The first-order chi connectivity index (χ1) is 14.2. The fraction of sp³-hybridized carbons (Fsp3) is 0.650.